The van der Waals surface area contributed by atoms with Crippen LogP contribution < -0.4 is 0 Å². The Kier molecular flexibility index (Phi) is 4.31. The summed E-state index contributed by atoms with van der Waals surface area (Å²) in [6, 6.07) is 7.89. The molecule has 21 heavy (non-hydrogen) atoms. The molecule has 0 atom stereocenters. The molecule has 0 unspecified atom stereocenters. The number of carbonyl (C=O) groups excluding carboxylic acids is 1. The van der Waals surface area contributed by atoms with Crippen molar-refractivity contribution in [2.45, 2.75) is 13.5 Å². The van der Waals surface area contributed by atoms with Gasteiger partial charge in [0.1, 0.15) is 0 Å². The van der Waals surface area contributed by atoms with Crippen LogP contribution in [0.1, 0.15) is 20.9 Å². The zero-order chi connectivity index (χ0) is 14.7. The quantitative estimate of drug-likeness (QED) is 0.873. The molecule has 1 amide bonds. The average molecular weight is 301 g/mol. The highest BCUT2D eigenvalue weighted by Crippen LogP contribution is 2.15. The van der Waals surface area contributed by atoms with E-state index in [9.17, 15) is 4.79 Å². The number of amides is 1. The van der Waals surface area contributed by atoms with Crippen LogP contribution in [0.25, 0.3) is 0 Å². The third kappa shape index (κ3) is 3.31. The van der Waals surface area contributed by atoms with Gasteiger partial charge in [-0.1, -0.05) is 12.1 Å². The van der Waals surface area contributed by atoms with Crippen molar-refractivity contribution in [3.63, 3.8) is 0 Å². The average Bonchev–Trinajstić information content (AvgIpc) is 3.04. The summed E-state index contributed by atoms with van der Waals surface area (Å²) in [4.78, 5) is 21.9. The van der Waals surface area contributed by atoms with Gasteiger partial charge >= 0.3 is 0 Å². The normalized spacial score (nSPS) is 16.1. The second-order valence-corrected chi connectivity index (χ2v) is 6.26. The van der Waals surface area contributed by atoms with Crippen molar-refractivity contribution < 1.29 is 4.79 Å². The highest BCUT2D eigenvalue weighted by molar-refractivity contribution is 7.12. The number of aryl methyl sites for hydroxylation is 1. The van der Waals surface area contributed by atoms with Crippen molar-refractivity contribution in [1.29, 1.82) is 0 Å². The first-order valence-electron chi connectivity index (χ1n) is 7.19. The molecule has 0 aliphatic carbocycles. The number of aromatic nitrogens is 1. The summed E-state index contributed by atoms with van der Waals surface area (Å²) in [7, 11) is 0. The zero-order valence-electron chi connectivity index (χ0n) is 12.2. The second-order valence-electron chi connectivity index (χ2n) is 5.31. The Bertz CT molecular complexity index is 604. The number of thiophene rings is 1. The first-order chi connectivity index (χ1) is 10.2. The molecule has 1 aliphatic rings. The topological polar surface area (TPSA) is 36.4 Å². The first kappa shape index (κ1) is 14.2. The maximum Gasteiger partial charge on any atom is 0.264 e. The lowest BCUT2D eigenvalue weighted by Gasteiger charge is -2.34. The largest absolute Gasteiger partial charge is 0.335 e. The lowest BCUT2D eigenvalue weighted by molar-refractivity contribution is 0.0631. The molecule has 1 aliphatic heterocycles. The number of hydrogen-bond acceptors (Lipinski definition) is 4. The Hall–Kier alpha value is -1.72. The summed E-state index contributed by atoms with van der Waals surface area (Å²) in [5.74, 6) is 0.165. The van der Waals surface area contributed by atoms with E-state index >= 15 is 0 Å². The summed E-state index contributed by atoms with van der Waals surface area (Å²) in [5, 5.41) is 1.95. The molecule has 0 spiro atoms. The Morgan fingerprint density at radius 2 is 2.05 bits per heavy atom. The van der Waals surface area contributed by atoms with Crippen molar-refractivity contribution >= 4 is 17.2 Å². The van der Waals surface area contributed by atoms with Gasteiger partial charge in [-0.05, 0) is 30.0 Å². The van der Waals surface area contributed by atoms with Crippen molar-refractivity contribution in [3.05, 3.63) is 52.0 Å². The molecule has 1 fully saturated rings. The van der Waals surface area contributed by atoms with Crippen molar-refractivity contribution in [3.8, 4) is 0 Å². The number of pyridine rings is 1. The predicted molar refractivity (Wildman–Crippen MR) is 84.5 cm³/mol. The first-order valence-corrected chi connectivity index (χ1v) is 8.07. The molecule has 4 nitrogen and oxygen atoms in total. The number of piperazine rings is 1. The van der Waals surface area contributed by atoms with E-state index in [4.69, 9.17) is 0 Å². The second kappa shape index (κ2) is 6.37. The molecule has 3 heterocycles. The van der Waals surface area contributed by atoms with Crippen LogP contribution in [-0.2, 0) is 6.54 Å². The number of rotatable bonds is 3. The minimum Gasteiger partial charge on any atom is -0.335 e. The molecule has 1 saturated heterocycles. The number of hydrogen-bond donors (Lipinski definition) is 0. The van der Waals surface area contributed by atoms with Crippen LogP contribution >= 0.6 is 11.3 Å². The Labute approximate surface area is 129 Å². The summed E-state index contributed by atoms with van der Waals surface area (Å²) in [6.07, 6.45) is 1.85. The molecule has 110 valence electrons. The fourth-order valence-corrected chi connectivity index (χ4v) is 3.25. The van der Waals surface area contributed by atoms with Gasteiger partial charge in [-0.15, -0.1) is 11.3 Å². The molecule has 2 aromatic rings. The van der Waals surface area contributed by atoms with Crippen molar-refractivity contribution in [1.82, 2.24) is 14.8 Å². The maximum absolute atomic E-state index is 12.3. The molecule has 0 radical (unpaired) electrons. The van der Waals surface area contributed by atoms with Crippen LogP contribution in [0.5, 0.6) is 0 Å². The monoisotopic (exact) mass is 301 g/mol. The van der Waals surface area contributed by atoms with E-state index in [0.717, 1.165) is 43.3 Å². The van der Waals surface area contributed by atoms with E-state index in [0.29, 0.717) is 0 Å². The highest BCUT2D eigenvalue weighted by atomic mass is 32.1. The van der Waals surface area contributed by atoms with Gasteiger partial charge in [-0.3, -0.25) is 14.7 Å². The summed E-state index contributed by atoms with van der Waals surface area (Å²) in [5.41, 5.74) is 2.37. The molecule has 2 aromatic heterocycles. The van der Waals surface area contributed by atoms with Gasteiger partial charge in [-0.2, -0.15) is 0 Å². The van der Waals surface area contributed by atoms with Crippen LogP contribution in [-0.4, -0.2) is 46.9 Å². The Morgan fingerprint density at radius 3 is 2.71 bits per heavy atom. The van der Waals surface area contributed by atoms with E-state index in [2.05, 4.69) is 22.9 Å². The third-order valence-electron chi connectivity index (χ3n) is 3.88. The van der Waals surface area contributed by atoms with E-state index in [-0.39, 0.29) is 5.91 Å². The summed E-state index contributed by atoms with van der Waals surface area (Å²) < 4.78 is 0. The molecule has 0 bridgehead atoms. The van der Waals surface area contributed by atoms with Crippen LogP contribution in [0.3, 0.4) is 0 Å². The maximum atomic E-state index is 12.3. The molecule has 0 N–H and O–H groups in total. The van der Waals surface area contributed by atoms with Crippen molar-refractivity contribution in [2.24, 2.45) is 0 Å². The van der Waals surface area contributed by atoms with Crippen molar-refractivity contribution in [2.75, 3.05) is 26.2 Å². The highest BCUT2D eigenvalue weighted by Gasteiger charge is 2.23. The summed E-state index contributed by atoms with van der Waals surface area (Å²) >= 11 is 1.52. The zero-order valence-corrected chi connectivity index (χ0v) is 13.0. The molecule has 3 rings (SSSR count). The predicted octanol–water partition coefficient (Wildman–Crippen LogP) is 2.41. The fraction of sp³-hybridized carbons (Fsp3) is 0.375. The molecular formula is C16H19N3OS. The fourth-order valence-electron chi connectivity index (χ4n) is 2.56. The third-order valence-corrected chi connectivity index (χ3v) is 4.74. The lowest BCUT2D eigenvalue weighted by atomic mass is 10.2. The minimum absolute atomic E-state index is 0.165. The van der Waals surface area contributed by atoms with Gasteiger partial charge in [0.25, 0.3) is 5.91 Å². The van der Waals surface area contributed by atoms with Gasteiger partial charge in [-0.25, -0.2) is 0 Å². The van der Waals surface area contributed by atoms with Gasteiger partial charge in [0, 0.05) is 38.9 Å². The van der Waals surface area contributed by atoms with Crippen LogP contribution in [0, 0.1) is 6.92 Å². The smallest absolute Gasteiger partial charge is 0.264 e. The number of nitrogens with zero attached hydrogens (tertiary/aromatic N) is 3. The molecule has 0 saturated carbocycles. The molecule has 0 aromatic carbocycles. The van der Waals surface area contributed by atoms with Crippen LogP contribution in [0.2, 0.25) is 0 Å². The van der Waals surface area contributed by atoms with Crippen LogP contribution in [0.4, 0.5) is 0 Å². The summed E-state index contributed by atoms with van der Waals surface area (Å²) in [6.45, 7) is 6.37. The van der Waals surface area contributed by atoms with Crippen LogP contribution in [0.15, 0.2) is 35.8 Å². The molecular weight excluding hydrogens is 282 g/mol. The minimum atomic E-state index is 0.165. The van der Waals surface area contributed by atoms with Gasteiger partial charge in [0.2, 0.25) is 0 Å². The van der Waals surface area contributed by atoms with E-state index in [1.165, 1.54) is 16.9 Å². The lowest BCUT2D eigenvalue weighted by Crippen LogP contribution is -2.48. The van der Waals surface area contributed by atoms with E-state index < -0.39 is 0 Å². The Morgan fingerprint density at radius 1 is 1.24 bits per heavy atom. The standard InChI is InChI=1S/C16H19N3OS/c1-13-4-2-6-17-14(13)12-18-7-9-19(10-8-18)16(20)15-5-3-11-21-15/h2-6,11H,7-10,12H2,1H3. The van der Waals surface area contributed by atoms with Gasteiger partial charge in [0.05, 0.1) is 10.6 Å². The Balaban J connectivity index is 1.56. The van der Waals surface area contributed by atoms with Gasteiger partial charge < -0.3 is 4.90 Å². The van der Waals surface area contributed by atoms with E-state index in [1.807, 2.05) is 34.7 Å². The van der Waals surface area contributed by atoms with Gasteiger partial charge in [0.15, 0.2) is 0 Å². The molecule has 5 heteroatoms. The SMILES string of the molecule is Cc1cccnc1CN1CCN(C(=O)c2cccs2)CC1. The van der Waals surface area contributed by atoms with E-state index in [1.54, 1.807) is 0 Å². The number of carbonyl (C=O) groups is 1.